The van der Waals surface area contributed by atoms with Gasteiger partial charge in [-0.25, -0.2) is 8.42 Å². The minimum absolute atomic E-state index is 0.0615. The number of rotatable bonds is 5. The van der Waals surface area contributed by atoms with E-state index >= 15 is 0 Å². The summed E-state index contributed by atoms with van der Waals surface area (Å²) in [6, 6.07) is 12.4. The van der Waals surface area contributed by atoms with Crippen LogP contribution in [0.15, 0.2) is 53.4 Å². The van der Waals surface area contributed by atoms with Crippen molar-refractivity contribution in [3.8, 4) is 0 Å². The van der Waals surface area contributed by atoms with Crippen molar-refractivity contribution in [2.75, 3.05) is 11.9 Å². The molecule has 1 atom stereocenters. The first-order valence-electron chi connectivity index (χ1n) is 8.48. The summed E-state index contributed by atoms with van der Waals surface area (Å²) in [5.74, 6) is -1.31. The molecule has 0 aliphatic carbocycles. The van der Waals surface area contributed by atoms with Gasteiger partial charge in [0.25, 0.3) is 0 Å². The largest absolute Gasteiger partial charge is 0.481 e. The molecular formula is C19H20N2O5S. The van der Waals surface area contributed by atoms with Crippen molar-refractivity contribution in [3.63, 3.8) is 0 Å². The molecule has 2 aromatic rings. The van der Waals surface area contributed by atoms with Crippen LogP contribution < -0.4 is 5.32 Å². The maximum atomic E-state index is 13.2. The van der Waals surface area contributed by atoms with Gasteiger partial charge in [-0.1, -0.05) is 24.3 Å². The first kappa shape index (κ1) is 19.1. The van der Waals surface area contributed by atoms with Gasteiger partial charge in [-0.05, 0) is 41.8 Å². The molecule has 0 unspecified atom stereocenters. The Morgan fingerprint density at radius 3 is 2.44 bits per heavy atom. The first-order valence-corrected chi connectivity index (χ1v) is 9.92. The van der Waals surface area contributed by atoms with E-state index in [4.69, 9.17) is 0 Å². The number of hydrogen-bond acceptors (Lipinski definition) is 4. The van der Waals surface area contributed by atoms with Crippen molar-refractivity contribution in [1.29, 1.82) is 0 Å². The lowest BCUT2D eigenvalue weighted by Crippen LogP contribution is -2.40. The Morgan fingerprint density at radius 1 is 1.15 bits per heavy atom. The van der Waals surface area contributed by atoms with Gasteiger partial charge in [-0.3, -0.25) is 9.59 Å². The second kappa shape index (κ2) is 7.50. The van der Waals surface area contributed by atoms with Gasteiger partial charge in [0.2, 0.25) is 15.9 Å². The normalized spacial score (nSPS) is 17.1. The summed E-state index contributed by atoms with van der Waals surface area (Å²) in [5, 5.41) is 11.9. The number of nitrogens with zero attached hydrogens (tertiary/aromatic N) is 1. The molecule has 8 heteroatoms. The number of sulfonamides is 1. The van der Waals surface area contributed by atoms with Crippen molar-refractivity contribution in [3.05, 3.63) is 59.7 Å². The van der Waals surface area contributed by atoms with Gasteiger partial charge in [0.05, 0.1) is 17.4 Å². The highest BCUT2D eigenvalue weighted by molar-refractivity contribution is 7.89. The van der Waals surface area contributed by atoms with Crippen LogP contribution in [0.25, 0.3) is 0 Å². The molecule has 27 heavy (non-hydrogen) atoms. The SMILES string of the molecule is CC(=O)Nc1ccc(S(=O)(=O)N2CCc3ccccc3[C@@H]2CC(=O)O)cc1. The topological polar surface area (TPSA) is 104 Å². The fourth-order valence-electron chi connectivity index (χ4n) is 3.34. The summed E-state index contributed by atoms with van der Waals surface area (Å²) in [6.45, 7) is 1.58. The molecule has 1 amide bonds. The third-order valence-corrected chi connectivity index (χ3v) is 6.43. The predicted octanol–water partition coefficient (Wildman–Crippen LogP) is 2.41. The summed E-state index contributed by atoms with van der Waals surface area (Å²) in [7, 11) is -3.89. The predicted molar refractivity (Wildman–Crippen MR) is 99.8 cm³/mol. The maximum absolute atomic E-state index is 13.2. The van der Waals surface area contributed by atoms with Gasteiger partial charge in [-0.15, -0.1) is 0 Å². The lowest BCUT2D eigenvalue weighted by molar-refractivity contribution is -0.138. The molecule has 0 bridgehead atoms. The number of carbonyl (C=O) groups excluding carboxylic acids is 1. The van der Waals surface area contributed by atoms with Crippen molar-refractivity contribution < 1.29 is 23.1 Å². The van der Waals surface area contributed by atoms with Crippen LogP contribution in [0, 0.1) is 0 Å². The molecule has 7 nitrogen and oxygen atoms in total. The highest BCUT2D eigenvalue weighted by Crippen LogP contribution is 2.36. The summed E-state index contributed by atoms with van der Waals surface area (Å²) in [6.07, 6.45) is 0.218. The maximum Gasteiger partial charge on any atom is 0.305 e. The van der Waals surface area contributed by atoms with E-state index < -0.39 is 22.0 Å². The quantitative estimate of drug-likeness (QED) is 0.819. The molecular weight excluding hydrogens is 368 g/mol. The van der Waals surface area contributed by atoms with E-state index in [-0.39, 0.29) is 23.8 Å². The summed E-state index contributed by atoms with van der Waals surface area (Å²) in [5.41, 5.74) is 2.19. The lowest BCUT2D eigenvalue weighted by atomic mass is 9.92. The second-order valence-electron chi connectivity index (χ2n) is 6.38. The van der Waals surface area contributed by atoms with Crippen LogP contribution in [0.4, 0.5) is 5.69 Å². The number of hydrogen-bond donors (Lipinski definition) is 2. The standard InChI is InChI=1S/C19H20N2O5S/c1-13(22)20-15-6-8-16(9-7-15)27(25,26)21-11-10-14-4-2-3-5-17(14)18(21)12-19(23)24/h2-9,18H,10-12H2,1H3,(H,20,22)(H,23,24)/t18-/m0/s1. The van der Waals surface area contributed by atoms with E-state index in [1.165, 1.54) is 35.5 Å². The Labute approximate surface area is 157 Å². The highest BCUT2D eigenvalue weighted by atomic mass is 32.2. The van der Waals surface area contributed by atoms with E-state index in [2.05, 4.69) is 5.32 Å². The molecule has 1 aliphatic heterocycles. The molecule has 0 radical (unpaired) electrons. The van der Waals surface area contributed by atoms with Gasteiger partial charge in [0, 0.05) is 19.2 Å². The van der Waals surface area contributed by atoms with Crippen LogP contribution in [0.5, 0.6) is 0 Å². The zero-order chi connectivity index (χ0) is 19.6. The van der Waals surface area contributed by atoms with Crippen LogP contribution in [0.2, 0.25) is 0 Å². The zero-order valence-electron chi connectivity index (χ0n) is 14.8. The van der Waals surface area contributed by atoms with Gasteiger partial charge < -0.3 is 10.4 Å². The van der Waals surface area contributed by atoms with Crippen LogP contribution in [0.1, 0.15) is 30.5 Å². The second-order valence-corrected chi connectivity index (χ2v) is 8.27. The summed E-state index contributed by atoms with van der Waals surface area (Å²) >= 11 is 0. The number of nitrogens with one attached hydrogen (secondary N) is 1. The molecule has 0 fully saturated rings. The van der Waals surface area contributed by atoms with Crippen LogP contribution in [0.3, 0.4) is 0 Å². The van der Waals surface area contributed by atoms with Crippen molar-refractivity contribution in [2.24, 2.45) is 0 Å². The molecule has 0 spiro atoms. The zero-order valence-corrected chi connectivity index (χ0v) is 15.6. The molecule has 142 valence electrons. The number of amides is 1. The average Bonchev–Trinajstić information content (AvgIpc) is 2.61. The van der Waals surface area contributed by atoms with Crippen molar-refractivity contribution >= 4 is 27.6 Å². The number of carbonyl (C=O) groups is 2. The Balaban J connectivity index is 1.97. The monoisotopic (exact) mass is 388 g/mol. The third-order valence-electron chi connectivity index (χ3n) is 4.51. The molecule has 1 aliphatic rings. The minimum Gasteiger partial charge on any atom is -0.481 e. The minimum atomic E-state index is -3.89. The Bertz CT molecular complexity index is 970. The number of fused-ring (bicyclic) bond motifs is 1. The van der Waals surface area contributed by atoms with Crippen molar-refractivity contribution in [1.82, 2.24) is 4.31 Å². The molecule has 1 heterocycles. The number of carboxylic acid groups (broad SMARTS) is 1. The fraction of sp³-hybridized carbons (Fsp3) is 0.263. The lowest BCUT2D eigenvalue weighted by Gasteiger charge is -2.35. The fourth-order valence-corrected chi connectivity index (χ4v) is 4.95. The van der Waals surface area contributed by atoms with Gasteiger partial charge in [0.15, 0.2) is 0 Å². The molecule has 0 saturated carbocycles. The van der Waals surface area contributed by atoms with Gasteiger partial charge >= 0.3 is 5.97 Å². The number of anilines is 1. The van der Waals surface area contributed by atoms with Crippen molar-refractivity contribution in [2.45, 2.75) is 30.7 Å². The molecule has 2 N–H and O–H groups in total. The van der Waals surface area contributed by atoms with Crippen LogP contribution in [-0.4, -0.2) is 36.3 Å². The van der Waals surface area contributed by atoms with Gasteiger partial charge in [-0.2, -0.15) is 4.31 Å². The number of aliphatic carboxylic acids is 1. The van der Waals surface area contributed by atoms with E-state index in [9.17, 15) is 23.1 Å². The molecule has 0 aromatic heterocycles. The smallest absolute Gasteiger partial charge is 0.305 e. The van der Waals surface area contributed by atoms with Crippen LogP contribution in [-0.2, 0) is 26.0 Å². The first-order chi connectivity index (χ1) is 12.8. The Morgan fingerprint density at radius 2 is 1.81 bits per heavy atom. The summed E-state index contributed by atoms with van der Waals surface area (Å²) in [4.78, 5) is 22.5. The molecule has 3 rings (SSSR count). The number of carboxylic acids is 1. The molecule has 0 saturated heterocycles. The van der Waals surface area contributed by atoms with E-state index in [1.807, 2.05) is 12.1 Å². The van der Waals surface area contributed by atoms with Gasteiger partial charge in [0.1, 0.15) is 0 Å². The van der Waals surface area contributed by atoms with Crippen LogP contribution >= 0.6 is 0 Å². The van der Waals surface area contributed by atoms with E-state index in [0.29, 0.717) is 12.1 Å². The summed E-state index contributed by atoms with van der Waals surface area (Å²) < 4.78 is 27.6. The Hall–Kier alpha value is -2.71. The average molecular weight is 388 g/mol. The van der Waals surface area contributed by atoms with E-state index in [1.54, 1.807) is 12.1 Å². The Kier molecular flexibility index (Phi) is 5.29. The highest BCUT2D eigenvalue weighted by Gasteiger charge is 2.37. The van der Waals surface area contributed by atoms with E-state index in [0.717, 1.165) is 11.1 Å². The molecule has 2 aromatic carbocycles. The number of benzene rings is 2. The third kappa shape index (κ3) is 4.01.